The van der Waals surface area contributed by atoms with Crippen LogP contribution in [0.25, 0.3) is 0 Å². The molecule has 100 valence electrons. The largest absolute Gasteiger partial charge is 0.494 e. The summed E-state index contributed by atoms with van der Waals surface area (Å²) in [5.41, 5.74) is 1.30. The fraction of sp³-hybridized carbons (Fsp3) is 0.625. The van der Waals surface area contributed by atoms with Crippen LogP contribution in [0.3, 0.4) is 0 Å². The lowest BCUT2D eigenvalue weighted by atomic mass is 9.83. The Bertz CT molecular complexity index is 360. The van der Waals surface area contributed by atoms with E-state index in [-0.39, 0.29) is 0 Å². The van der Waals surface area contributed by atoms with Gasteiger partial charge in [0.1, 0.15) is 5.75 Å². The number of nitrogens with one attached hydrogen (secondary N) is 1. The van der Waals surface area contributed by atoms with E-state index in [1.165, 1.54) is 31.2 Å². The number of benzene rings is 1. The predicted octanol–water partition coefficient (Wildman–Crippen LogP) is 3.93. The summed E-state index contributed by atoms with van der Waals surface area (Å²) < 4.78 is 5.85. The van der Waals surface area contributed by atoms with Crippen molar-refractivity contribution in [2.75, 3.05) is 13.2 Å². The van der Waals surface area contributed by atoms with Crippen LogP contribution in [-0.4, -0.2) is 13.2 Å². The van der Waals surface area contributed by atoms with Crippen LogP contribution in [0.15, 0.2) is 24.3 Å². The van der Waals surface area contributed by atoms with Gasteiger partial charge in [0.2, 0.25) is 0 Å². The van der Waals surface area contributed by atoms with Gasteiger partial charge in [-0.25, -0.2) is 0 Å². The van der Waals surface area contributed by atoms with Gasteiger partial charge in [0.05, 0.1) is 6.61 Å². The molecule has 1 aliphatic carbocycles. The van der Waals surface area contributed by atoms with E-state index in [0.717, 1.165) is 24.8 Å². The van der Waals surface area contributed by atoms with Gasteiger partial charge >= 0.3 is 0 Å². The monoisotopic (exact) mass is 247 g/mol. The SMILES string of the molecule is CCNC(C)c1cccc(OCCC2CCC2)c1. The molecular weight excluding hydrogens is 222 g/mol. The molecule has 0 bridgehead atoms. The third kappa shape index (κ3) is 3.74. The van der Waals surface area contributed by atoms with Crippen LogP contribution in [0.5, 0.6) is 5.75 Å². The maximum atomic E-state index is 5.85. The number of ether oxygens (including phenoxy) is 1. The first-order valence-corrected chi connectivity index (χ1v) is 7.25. The van der Waals surface area contributed by atoms with Gasteiger partial charge in [-0.2, -0.15) is 0 Å². The molecule has 2 rings (SSSR count). The molecule has 1 aromatic rings. The van der Waals surface area contributed by atoms with Crippen LogP contribution < -0.4 is 10.1 Å². The van der Waals surface area contributed by atoms with Gasteiger partial charge in [0, 0.05) is 6.04 Å². The standard InChI is InChI=1S/C16H25NO/c1-3-17-13(2)15-8-5-9-16(12-15)18-11-10-14-6-4-7-14/h5,8-9,12-14,17H,3-4,6-7,10-11H2,1-2H3. The first-order valence-electron chi connectivity index (χ1n) is 7.25. The van der Waals surface area contributed by atoms with Crippen LogP contribution in [0.2, 0.25) is 0 Å². The zero-order chi connectivity index (χ0) is 12.8. The Morgan fingerprint density at radius 2 is 2.22 bits per heavy atom. The van der Waals surface area contributed by atoms with E-state index in [4.69, 9.17) is 4.74 Å². The molecule has 18 heavy (non-hydrogen) atoms. The fourth-order valence-electron chi connectivity index (χ4n) is 2.42. The molecular formula is C16H25NO. The Morgan fingerprint density at radius 3 is 2.89 bits per heavy atom. The Labute approximate surface area is 111 Å². The normalized spacial score (nSPS) is 17.2. The number of hydrogen-bond donors (Lipinski definition) is 1. The minimum atomic E-state index is 0.394. The van der Waals surface area contributed by atoms with Gasteiger partial charge in [-0.1, -0.05) is 38.3 Å². The Morgan fingerprint density at radius 1 is 1.39 bits per heavy atom. The van der Waals surface area contributed by atoms with Crippen LogP contribution in [0, 0.1) is 5.92 Å². The van der Waals surface area contributed by atoms with Crippen molar-refractivity contribution in [3.63, 3.8) is 0 Å². The van der Waals surface area contributed by atoms with E-state index in [1.54, 1.807) is 0 Å². The molecule has 2 heteroatoms. The quantitative estimate of drug-likeness (QED) is 0.788. The highest BCUT2D eigenvalue weighted by Gasteiger charge is 2.16. The molecule has 0 spiro atoms. The van der Waals surface area contributed by atoms with Crippen molar-refractivity contribution in [2.45, 2.75) is 45.6 Å². The Kier molecular flexibility index (Phi) is 5.06. The highest BCUT2D eigenvalue weighted by atomic mass is 16.5. The second-order valence-electron chi connectivity index (χ2n) is 5.29. The van der Waals surface area contributed by atoms with E-state index in [1.807, 2.05) is 0 Å². The van der Waals surface area contributed by atoms with Crippen molar-refractivity contribution in [1.29, 1.82) is 0 Å². The van der Waals surface area contributed by atoms with Gasteiger partial charge in [-0.15, -0.1) is 0 Å². The van der Waals surface area contributed by atoms with Gasteiger partial charge in [0.25, 0.3) is 0 Å². The van der Waals surface area contributed by atoms with Gasteiger partial charge < -0.3 is 10.1 Å². The minimum Gasteiger partial charge on any atom is -0.494 e. The first kappa shape index (κ1) is 13.4. The maximum Gasteiger partial charge on any atom is 0.119 e. The van der Waals surface area contributed by atoms with Gasteiger partial charge in [-0.3, -0.25) is 0 Å². The summed E-state index contributed by atoms with van der Waals surface area (Å²) in [5, 5.41) is 3.43. The highest BCUT2D eigenvalue weighted by Crippen LogP contribution is 2.29. The smallest absolute Gasteiger partial charge is 0.119 e. The first-order chi connectivity index (χ1) is 8.79. The van der Waals surface area contributed by atoms with Crippen molar-refractivity contribution < 1.29 is 4.74 Å². The molecule has 0 amide bonds. The maximum absolute atomic E-state index is 5.85. The molecule has 1 unspecified atom stereocenters. The summed E-state index contributed by atoms with van der Waals surface area (Å²) in [6.45, 7) is 6.18. The lowest BCUT2D eigenvalue weighted by Crippen LogP contribution is -2.17. The summed E-state index contributed by atoms with van der Waals surface area (Å²) in [6.07, 6.45) is 5.44. The summed E-state index contributed by atoms with van der Waals surface area (Å²) in [5.74, 6) is 1.94. The second-order valence-corrected chi connectivity index (χ2v) is 5.29. The summed E-state index contributed by atoms with van der Waals surface area (Å²) in [7, 11) is 0. The molecule has 0 saturated heterocycles. The lowest BCUT2D eigenvalue weighted by Gasteiger charge is -2.25. The van der Waals surface area contributed by atoms with E-state index >= 15 is 0 Å². The lowest BCUT2D eigenvalue weighted by molar-refractivity contribution is 0.222. The van der Waals surface area contributed by atoms with Crippen molar-refractivity contribution in [3.8, 4) is 5.75 Å². The molecule has 0 heterocycles. The fourth-order valence-corrected chi connectivity index (χ4v) is 2.42. The van der Waals surface area contributed by atoms with Gasteiger partial charge in [-0.05, 0) is 43.5 Å². The van der Waals surface area contributed by atoms with Crippen molar-refractivity contribution in [3.05, 3.63) is 29.8 Å². The minimum absolute atomic E-state index is 0.394. The van der Waals surface area contributed by atoms with Crippen molar-refractivity contribution >= 4 is 0 Å². The molecule has 1 atom stereocenters. The third-order valence-electron chi connectivity index (χ3n) is 3.89. The van der Waals surface area contributed by atoms with Gasteiger partial charge in [0.15, 0.2) is 0 Å². The summed E-state index contributed by atoms with van der Waals surface area (Å²) >= 11 is 0. The number of rotatable bonds is 7. The third-order valence-corrected chi connectivity index (χ3v) is 3.89. The zero-order valence-electron chi connectivity index (χ0n) is 11.6. The average Bonchev–Trinajstić information content (AvgIpc) is 2.33. The molecule has 2 nitrogen and oxygen atoms in total. The van der Waals surface area contributed by atoms with Crippen molar-refractivity contribution in [2.24, 2.45) is 5.92 Å². The molecule has 0 radical (unpaired) electrons. The van der Waals surface area contributed by atoms with Crippen LogP contribution in [0.4, 0.5) is 0 Å². The van der Waals surface area contributed by atoms with E-state index in [0.29, 0.717) is 6.04 Å². The molecule has 0 aromatic heterocycles. The summed E-state index contributed by atoms with van der Waals surface area (Å²) in [6, 6.07) is 8.86. The second kappa shape index (κ2) is 6.79. The van der Waals surface area contributed by atoms with Crippen LogP contribution in [0.1, 0.15) is 51.1 Å². The topological polar surface area (TPSA) is 21.3 Å². The van der Waals surface area contributed by atoms with E-state index in [9.17, 15) is 0 Å². The molecule has 1 aliphatic rings. The Hall–Kier alpha value is -1.02. The molecule has 1 saturated carbocycles. The van der Waals surface area contributed by atoms with E-state index in [2.05, 4.69) is 43.4 Å². The summed E-state index contributed by atoms with van der Waals surface area (Å²) in [4.78, 5) is 0. The zero-order valence-corrected chi connectivity index (χ0v) is 11.6. The number of hydrogen-bond acceptors (Lipinski definition) is 2. The average molecular weight is 247 g/mol. The van der Waals surface area contributed by atoms with Crippen LogP contribution >= 0.6 is 0 Å². The molecule has 1 aromatic carbocycles. The van der Waals surface area contributed by atoms with Crippen molar-refractivity contribution in [1.82, 2.24) is 5.32 Å². The predicted molar refractivity (Wildman–Crippen MR) is 76.0 cm³/mol. The highest BCUT2D eigenvalue weighted by molar-refractivity contribution is 5.30. The molecule has 1 fully saturated rings. The van der Waals surface area contributed by atoms with Crippen LogP contribution in [-0.2, 0) is 0 Å². The Balaban J connectivity index is 1.82. The molecule has 1 N–H and O–H groups in total. The van der Waals surface area contributed by atoms with E-state index < -0.39 is 0 Å². The molecule has 0 aliphatic heterocycles.